The third kappa shape index (κ3) is 6.21. The number of aromatic nitrogens is 1. The third-order valence-corrected chi connectivity index (χ3v) is 10.5. The molecule has 0 saturated heterocycles. The van der Waals surface area contributed by atoms with Crippen LogP contribution in [0.25, 0.3) is 77.8 Å². The summed E-state index contributed by atoms with van der Waals surface area (Å²) < 4.78 is 6.36. The van der Waals surface area contributed by atoms with Crippen LogP contribution < -0.4 is 4.90 Å². The van der Waals surface area contributed by atoms with Crippen LogP contribution in [0.2, 0.25) is 0 Å². The van der Waals surface area contributed by atoms with Crippen molar-refractivity contribution in [1.29, 1.82) is 0 Å². The minimum absolute atomic E-state index is 0.637. The second-order valence-electron chi connectivity index (χ2n) is 14.0. The molecule has 0 aliphatic carbocycles. The Hall–Kier alpha value is -7.49. The van der Waals surface area contributed by atoms with E-state index in [-0.39, 0.29) is 0 Å². The van der Waals surface area contributed by atoms with Crippen molar-refractivity contribution in [2.24, 2.45) is 0 Å². The maximum Gasteiger partial charge on any atom is 0.227 e. The molecule has 0 bridgehead atoms. The van der Waals surface area contributed by atoms with Crippen molar-refractivity contribution in [3.05, 3.63) is 218 Å². The second kappa shape index (κ2) is 14.4. The van der Waals surface area contributed by atoms with E-state index in [1.807, 2.05) is 30.3 Å². The van der Waals surface area contributed by atoms with E-state index >= 15 is 0 Å². The number of hydrogen-bond acceptors (Lipinski definition) is 3. The molecule has 10 aromatic rings. The number of oxazole rings is 1. The molecule has 0 radical (unpaired) electrons. The Bertz CT molecular complexity index is 2920. The number of nitrogens with zero attached hydrogens (tertiary/aromatic N) is 2. The van der Waals surface area contributed by atoms with E-state index in [2.05, 4.69) is 193 Å². The van der Waals surface area contributed by atoms with Crippen LogP contribution in [0.3, 0.4) is 0 Å². The number of hydrogen-bond donors (Lipinski definition) is 0. The van der Waals surface area contributed by atoms with Gasteiger partial charge in [0.15, 0.2) is 5.58 Å². The lowest BCUT2D eigenvalue weighted by Gasteiger charge is -2.28. The van der Waals surface area contributed by atoms with Crippen LogP contribution in [0.1, 0.15) is 0 Å². The van der Waals surface area contributed by atoms with E-state index in [9.17, 15) is 0 Å². The SMILES string of the molecule is c1ccc(-c2ccc(N(c3ccc(-c4ccc(-c5cccc6c5ccc5nc(-c7ccccc7)oc56)cc4)cc3)c3ccccc3-c3ccccc3)cc2)cc1. The van der Waals surface area contributed by atoms with Gasteiger partial charge >= 0.3 is 0 Å². The number of anilines is 3. The summed E-state index contributed by atoms with van der Waals surface area (Å²) in [5.41, 5.74) is 15.3. The van der Waals surface area contributed by atoms with Crippen LogP contribution in [-0.2, 0) is 0 Å². The minimum Gasteiger partial charge on any atom is -0.435 e. The lowest BCUT2D eigenvalue weighted by Crippen LogP contribution is -2.11. The van der Waals surface area contributed by atoms with E-state index in [4.69, 9.17) is 9.40 Å². The van der Waals surface area contributed by atoms with Crippen molar-refractivity contribution >= 4 is 38.9 Å². The molecule has 0 aliphatic rings. The Labute approximate surface area is 326 Å². The van der Waals surface area contributed by atoms with Crippen molar-refractivity contribution in [3.63, 3.8) is 0 Å². The summed E-state index contributed by atoms with van der Waals surface area (Å²) in [6, 6.07) is 77.2. The number of rotatable bonds is 8. The van der Waals surface area contributed by atoms with Gasteiger partial charge in [-0.05, 0) is 92.9 Å². The molecule has 1 heterocycles. The van der Waals surface area contributed by atoms with Crippen molar-refractivity contribution < 1.29 is 4.42 Å². The van der Waals surface area contributed by atoms with E-state index in [0.717, 1.165) is 66.8 Å². The molecular formula is C53H36N2O. The molecule has 9 aromatic carbocycles. The largest absolute Gasteiger partial charge is 0.435 e. The van der Waals surface area contributed by atoms with Gasteiger partial charge in [-0.1, -0.05) is 170 Å². The highest BCUT2D eigenvalue weighted by Gasteiger charge is 2.18. The molecule has 0 saturated carbocycles. The fourth-order valence-corrected chi connectivity index (χ4v) is 7.74. The Morgan fingerprint density at radius 3 is 1.41 bits per heavy atom. The third-order valence-electron chi connectivity index (χ3n) is 10.5. The summed E-state index contributed by atoms with van der Waals surface area (Å²) in [7, 11) is 0. The molecule has 0 N–H and O–H groups in total. The Kier molecular flexibility index (Phi) is 8.51. The second-order valence-corrected chi connectivity index (χ2v) is 14.0. The molecular weight excluding hydrogens is 681 g/mol. The van der Waals surface area contributed by atoms with Gasteiger partial charge in [0, 0.05) is 27.9 Å². The van der Waals surface area contributed by atoms with Gasteiger partial charge in [0.05, 0.1) is 5.69 Å². The molecule has 0 spiro atoms. The van der Waals surface area contributed by atoms with Gasteiger partial charge in [-0.2, -0.15) is 0 Å². The minimum atomic E-state index is 0.637. The number of fused-ring (bicyclic) bond motifs is 3. The fraction of sp³-hybridized carbons (Fsp3) is 0. The lowest BCUT2D eigenvalue weighted by atomic mass is 9.95. The van der Waals surface area contributed by atoms with Gasteiger partial charge in [-0.25, -0.2) is 4.98 Å². The average Bonchev–Trinajstić information content (AvgIpc) is 3.74. The lowest BCUT2D eigenvalue weighted by molar-refractivity contribution is 0.623. The first kappa shape index (κ1) is 33.1. The quantitative estimate of drug-likeness (QED) is 0.157. The van der Waals surface area contributed by atoms with E-state index in [1.165, 1.54) is 22.3 Å². The first-order valence-corrected chi connectivity index (χ1v) is 19.0. The molecule has 0 fully saturated rings. The van der Waals surface area contributed by atoms with Crippen LogP contribution in [0.5, 0.6) is 0 Å². The summed E-state index contributed by atoms with van der Waals surface area (Å²) in [6.45, 7) is 0. The monoisotopic (exact) mass is 716 g/mol. The maximum atomic E-state index is 6.36. The zero-order chi connectivity index (χ0) is 37.3. The van der Waals surface area contributed by atoms with Crippen LogP contribution in [-0.4, -0.2) is 4.98 Å². The zero-order valence-electron chi connectivity index (χ0n) is 30.6. The van der Waals surface area contributed by atoms with Crippen molar-refractivity contribution in [2.75, 3.05) is 4.90 Å². The van der Waals surface area contributed by atoms with E-state index in [1.54, 1.807) is 0 Å². The summed E-state index contributed by atoms with van der Waals surface area (Å²) >= 11 is 0. The van der Waals surface area contributed by atoms with Crippen LogP contribution in [0, 0.1) is 0 Å². The summed E-state index contributed by atoms with van der Waals surface area (Å²) in [4.78, 5) is 7.16. The van der Waals surface area contributed by atoms with Gasteiger partial charge in [0.2, 0.25) is 5.89 Å². The number of para-hydroxylation sites is 1. The average molecular weight is 717 g/mol. The van der Waals surface area contributed by atoms with Gasteiger partial charge in [0.25, 0.3) is 0 Å². The van der Waals surface area contributed by atoms with Crippen molar-refractivity contribution in [1.82, 2.24) is 4.98 Å². The Morgan fingerprint density at radius 2 is 0.786 bits per heavy atom. The standard InChI is InChI=1S/C53H36N2O/c1-4-13-37(14-5-1)39-27-31-44(32-28-39)55(51-22-11-10-19-47(51)41-15-6-2-7-16-41)45-33-29-40(30-34-45)38-23-25-42(26-24-38)46-20-12-21-49-48(46)35-36-50-52(49)56-53(54-50)43-17-8-3-9-18-43/h1-36H. The molecule has 0 aliphatic heterocycles. The molecule has 0 atom stereocenters. The van der Waals surface area contributed by atoms with Gasteiger partial charge in [0.1, 0.15) is 5.52 Å². The highest BCUT2D eigenvalue weighted by molar-refractivity contribution is 6.09. The molecule has 1 aromatic heterocycles. The highest BCUT2D eigenvalue weighted by atomic mass is 16.3. The first-order valence-electron chi connectivity index (χ1n) is 19.0. The molecule has 264 valence electrons. The van der Waals surface area contributed by atoms with Gasteiger partial charge in [-0.15, -0.1) is 0 Å². The topological polar surface area (TPSA) is 29.3 Å². The van der Waals surface area contributed by atoms with E-state index in [0.29, 0.717) is 5.89 Å². The molecule has 10 rings (SSSR count). The molecule has 0 amide bonds. The normalized spacial score (nSPS) is 11.2. The van der Waals surface area contributed by atoms with Crippen LogP contribution in [0.4, 0.5) is 17.1 Å². The number of benzene rings is 9. The molecule has 56 heavy (non-hydrogen) atoms. The summed E-state index contributed by atoms with van der Waals surface area (Å²) in [5.74, 6) is 0.637. The van der Waals surface area contributed by atoms with Crippen molar-refractivity contribution in [2.45, 2.75) is 0 Å². The highest BCUT2D eigenvalue weighted by Crippen LogP contribution is 2.42. The summed E-state index contributed by atoms with van der Waals surface area (Å²) in [5, 5.41) is 2.20. The Morgan fingerprint density at radius 1 is 0.321 bits per heavy atom. The predicted octanol–water partition coefficient (Wildman–Crippen LogP) is 14.8. The van der Waals surface area contributed by atoms with Crippen LogP contribution in [0.15, 0.2) is 223 Å². The Balaban J connectivity index is 0.984. The van der Waals surface area contributed by atoms with E-state index < -0.39 is 0 Å². The fourth-order valence-electron chi connectivity index (χ4n) is 7.74. The van der Waals surface area contributed by atoms with Gasteiger partial charge in [-0.3, -0.25) is 0 Å². The molecule has 0 unspecified atom stereocenters. The zero-order valence-corrected chi connectivity index (χ0v) is 30.6. The maximum absolute atomic E-state index is 6.36. The molecule has 3 nitrogen and oxygen atoms in total. The van der Waals surface area contributed by atoms with Crippen molar-refractivity contribution in [3.8, 4) is 56.0 Å². The smallest absolute Gasteiger partial charge is 0.227 e. The molecule has 3 heteroatoms. The predicted molar refractivity (Wildman–Crippen MR) is 233 cm³/mol. The first-order chi connectivity index (χ1) is 27.8. The van der Waals surface area contributed by atoms with Crippen LogP contribution >= 0.6 is 0 Å². The summed E-state index contributed by atoms with van der Waals surface area (Å²) in [6.07, 6.45) is 0. The van der Waals surface area contributed by atoms with Gasteiger partial charge < -0.3 is 9.32 Å².